The normalized spacial score (nSPS) is 23.0. The number of ether oxygens (including phenoxy) is 1. The van der Waals surface area contributed by atoms with Crippen molar-refractivity contribution in [1.82, 2.24) is 25.1 Å². The summed E-state index contributed by atoms with van der Waals surface area (Å²) >= 11 is 1.03. The fourth-order valence-electron chi connectivity index (χ4n) is 4.50. The molecular formula is C25H25F3N8O2S. The molecule has 10 nitrogen and oxygen atoms in total. The van der Waals surface area contributed by atoms with Gasteiger partial charge in [-0.05, 0) is 38.1 Å². The second-order valence-electron chi connectivity index (χ2n) is 9.36. The third-order valence-corrected chi connectivity index (χ3v) is 8.02. The van der Waals surface area contributed by atoms with Crippen LogP contribution < -0.4 is 15.8 Å². The maximum Gasteiger partial charge on any atom is 0.264 e. The molecule has 3 N–H and O–H groups in total. The van der Waals surface area contributed by atoms with Gasteiger partial charge in [0, 0.05) is 23.4 Å². The Hall–Kier alpha value is -3.94. The van der Waals surface area contributed by atoms with Gasteiger partial charge in [0.05, 0.1) is 16.5 Å². The van der Waals surface area contributed by atoms with Gasteiger partial charge in [0.25, 0.3) is 5.89 Å². The fraction of sp³-hybridized carbons (Fsp3) is 0.360. The van der Waals surface area contributed by atoms with Crippen molar-refractivity contribution in [3.63, 3.8) is 0 Å². The van der Waals surface area contributed by atoms with Crippen molar-refractivity contribution in [2.75, 3.05) is 18.7 Å². The Kier molecular flexibility index (Phi) is 7.05. The molecule has 0 fully saturated rings. The van der Waals surface area contributed by atoms with Gasteiger partial charge in [0.15, 0.2) is 23.4 Å². The first-order valence-electron chi connectivity index (χ1n) is 11.9. The van der Waals surface area contributed by atoms with Gasteiger partial charge >= 0.3 is 0 Å². The van der Waals surface area contributed by atoms with Crippen molar-refractivity contribution in [3.05, 3.63) is 59.8 Å². The molecule has 0 amide bonds. The van der Waals surface area contributed by atoms with E-state index in [0.717, 1.165) is 11.8 Å². The number of alkyl halides is 2. The summed E-state index contributed by atoms with van der Waals surface area (Å²) in [5.74, 6) is -0.0372. The first-order valence-corrected chi connectivity index (χ1v) is 12.8. The topological polar surface area (TPSA) is 137 Å². The zero-order valence-electron chi connectivity index (χ0n) is 21.3. The van der Waals surface area contributed by atoms with Crippen molar-refractivity contribution in [2.24, 2.45) is 16.6 Å². The number of aromatic nitrogens is 5. The number of halogens is 3. The third kappa shape index (κ3) is 4.95. The molecule has 0 saturated carbocycles. The van der Waals surface area contributed by atoms with Gasteiger partial charge in [-0.25, -0.2) is 33.1 Å². The van der Waals surface area contributed by atoms with Crippen LogP contribution in [0.4, 0.5) is 24.7 Å². The van der Waals surface area contributed by atoms with Crippen LogP contribution in [0, 0.1) is 18.7 Å². The van der Waals surface area contributed by atoms with E-state index in [-0.39, 0.29) is 23.2 Å². The Morgan fingerprint density at radius 1 is 1.18 bits per heavy atom. The van der Waals surface area contributed by atoms with Gasteiger partial charge in [-0.15, -0.1) is 0 Å². The van der Waals surface area contributed by atoms with E-state index in [1.54, 1.807) is 26.8 Å². The van der Waals surface area contributed by atoms with E-state index in [2.05, 4.69) is 35.4 Å². The molecule has 3 aromatic heterocycles. The number of amidine groups is 1. The van der Waals surface area contributed by atoms with E-state index >= 15 is 4.39 Å². The second-order valence-corrected chi connectivity index (χ2v) is 10.9. The number of anilines is 2. The smallest absolute Gasteiger partial charge is 0.264 e. The van der Waals surface area contributed by atoms with E-state index in [0.29, 0.717) is 34.3 Å². The van der Waals surface area contributed by atoms with Crippen molar-refractivity contribution >= 4 is 39.5 Å². The number of fused-ring (bicyclic) bond motifs is 1. The number of rotatable bonds is 8. The van der Waals surface area contributed by atoms with Crippen LogP contribution in [-0.2, 0) is 12.1 Å². The highest BCUT2D eigenvalue weighted by Crippen LogP contribution is 2.51. The van der Waals surface area contributed by atoms with Crippen LogP contribution in [-0.4, -0.2) is 48.4 Å². The molecule has 0 aliphatic carbocycles. The highest BCUT2D eigenvalue weighted by molar-refractivity contribution is 8.15. The Morgan fingerprint density at radius 3 is 2.72 bits per heavy atom. The summed E-state index contributed by atoms with van der Waals surface area (Å²) in [7, 11) is 0. The molecular weight excluding hydrogens is 533 g/mol. The monoisotopic (exact) mass is 558 g/mol. The van der Waals surface area contributed by atoms with Crippen LogP contribution in [0.5, 0.6) is 5.88 Å². The molecule has 0 spiro atoms. The highest BCUT2D eigenvalue weighted by Gasteiger charge is 2.53. The predicted octanol–water partition coefficient (Wildman–Crippen LogP) is 4.77. The van der Waals surface area contributed by atoms with E-state index in [1.165, 1.54) is 30.6 Å². The standard InChI is InChI=1S/C25H25F3N8O2S/c1-13-24(3,11-26)39-23(29)35-25(13,12-27)16-8-15(4-5-17(16)28)33-22-21-18(6-7-30-22)34-19(9-31-21)37-10-20-32-14(2)36-38-20/h4-9,13H,10-12H2,1-3H3,(H2,29,35)(H,30,33)/t13?,24-,25+/m1/s1. The Bertz CT molecular complexity index is 1550. The lowest BCUT2D eigenvalue weighted by molar-refractivity contribution is 0.166. The molecule has 1 aliphatic heterocycles. The van der Waals surface area contributed by atoms with Crippen LogP contribution in [0.1, 0.15) is 31.1 Å². The predicted molar refractivity (Wildman–Crippen MR) is 141 cm³/mol. The van der Waals surface area contributed by atoms with Crippen LogP contribution in [0.25, 0.3) is 11.0 Å². The Labute approximate surface area is 225 Å². The average molecular weight is 559 g/mol. The quantitative estimate of drug-likeness (QED) is 0.311. The largest absolute Gasteiger partial charge is 0.466 e. The number of nitrogens with zero attached hydrogens (tertiary/aromatic N) is 6. The zero-order valence-corrected chi connectivity index (χ0v) is 22.1. The minimum atomic E-state index is -1.70. The van der Waals surface area contributed by atoms with Gasteiger partial charge < -0.3 is 20.3 Å². The maximum absolute atomic E-state index is 15.2. The van der Waals surface area contributed by atoms with Gasteiger partial charge in [0.2, 0.25) is 5.88 Å². The molecule has 1 unspecified atom stereocenters. The number of nitrogens with two attached hydrogens (primary N) is 1. The summed E-state index contributed by atoms with van der Waals surface area (Å²) < 4.78 is 53.6. The molecule has 204 valence electrons. The molecule has 39 heavy (non-hydrogen) atoms. The molecule has 4 aromatic rings. The molecule has 5 rings (SSSR count). The van der Waals surface area contributed by atoms with E-state index in [4.69, 9.17) is 15.0 Å². The van der Waals surface area contributed by atoms with Gasteiger partial charge in [0.1, 0.15) is 30.2 Å². The molecule has 1 aromatic carbocycles. The number of aryl methyl sites for hydroxylation is 1. The van der Waals surface area contributed by atoms with Crippen molar-refractivity contribution < 1.29 is 22.4 Å². The molecule has 14 heteroatoms. The molecule has 0 radical (unpaired) electrons. The molecule has 3 atom stereocenters. The first-order chi connectivity index (χ1) is 18.7. The lowest BCUT2D eigenvalue weighted by Gasteiger charge is -2.46. The van der Waals surface area contributed by atoms with Crippen LogP contribution in [0.15, 0.2) is 46.2 Å². The lowest BCUT2D eigenvalue weighted by atomic mass is 9.73. The number of benzene rings is 1. The fourth-order valence-corrected chi connectivity index (χ4v) is 5.61. The summed E-state index contributed by atoms with van der Waals surface area (Å²) in [6.07, 6.45) is 2.94. The summed E-state index contributed by atoms with van der Waals surface area (Å²) in [5, 5.41) is 6.81. The zero-order chi connectivity index (χ0) is 27.8. The minimum absolute atomic E-state index is 0.00176. The van der Waals surface area contributed by atoms with Crippen LogP contribution >= 0.6 is 11.8 Å². The average Bonchev–Trinajstić information content (AvgIpc) is 3.35. The molecule has 4 heterocycles. The SMILES string of the molecule is Cc1noc(COc2cnc3c(Nc4ccc(F)c([C@@]5(CF)N=C(N)S[C@](C)(CF)C5C)c4)nccc3n2)n1. The van der Waals surface area contributed by atoms with Crippen LogP contribution in [0.3, 0.4) is 0 Å². The number of nitrogens with one attached hydrogen (secondary N) is 1. The summed E-state index contributed by atoms with van der Waals surface area (Å²) in [5.41, 5.74) is 5.52. The van der Waals surface area contributed by atoms with Crippen molar-refractivity contribution in [1.29, 1.82) is 0 Å². The van der Waals surface area contributed by atoms with E-state index in [9.17, 15) is 8.78 Å². The second kappa shape index (κ2) is 10.3. The maximum atomic E-state index is 15.2. The number of hydrogen-bond acceptors (Lipinski definition) is 11. The van der Waals surface area contributed by atoms with Crippen LogP contribution in [0.2, 0.25) is 0 Å². The molecule has 0 bridgehead atoms. The summed E-state index contributed by atoms with van der Waals surface area (Å²) in [6.45, 7) is 3.17. The molecule has 1 aliphatic rings. The Morgan fingerprint density at radius 2 is 2.00 bits per heavy atom. The first kappa shape index (κ1) is 26.7. The minimum Gasteiger partial charge on any atom is -0.466 e. The van der Waals surface area contributed by atoms with Crippen molar-refractivity contribution in [3.8, 4) is 5.88 Å². The number of aliphatic imine (C=N–C) groups is 1. The summed E-state index contributed by atoms with van der Waals surface area (Å²) in [4.78, 5) is 21.6. The number of pyridine rings is 1. The number of hydrogen-bond donors (Lipinski definition) is 2. The number of thioether (sulfide) groups is 1. The Balaban J connectivity index is 1.45. The summed E-state index contributed by atoms with van der Waals surface area (Å²) in [6, 6.07) is 5.77. The third-order valence-electron chi connectivity index (χ3n) is 6.80. The van der Waals surface area contributed by atoms with Gasteiger partial charge in [-0.2, -0.15) is 4.98 Å². The van der Waals surface area contributed by atoms with Crippen molar-refractivity contribution in [2.45, 2.75) is 37.7 Å². The molecule has 0 saturated heterocycles. The lowest BCUT2D eigenvalue weighted by Crippen LogP contribution is -2.52. The van der Waals surface area contributed by atoms with Gasteiger partial charge in [-0.3, -0.25) is 0 Å². The van der Waals surface area contributed by atoms with Gasteiger partial charge in [-0.1, -0.05) is 23.8 Å². The van der Waals surface area contributed by atoms with E-state index in [1.807, 2.05) is 0 Å². The van der Waals surface area contributed by atoms with E-state index < -0.39 is 35.4 Å². The highest BCUT2D eigenvalue weighted by atomic mass is 32.2.